The molecule has 0 atom stereocenters. The van der Waals surface area contributed by atoms with Crippen molar-refractivity contribution in [3.8, 4) is 0 Å². The highest BCUT2D eigenvalue weighted by Crippen LogP contribution is 2.23. The van der Waals surface area contributed by atoms with Gasteiger partial charge in [-0.05, 0) is 19.4 Å². The Morgan fingerprint density at radius 3 is 2.62 bits per heavy atom. The molecule has 0 aromatic carbocycles. The number of nitrogens with one attached hydrogen (secondary N) is 1. The molecule has 0 amide bonds. The van der Waals surface area contributed by atoms with Gasteiger partial charge in [0.1, 0.15) is 0 Å². The maximum atomic E-state index is 4.65. The van der Waals surface area contributed by atoms with Crippen LogP contribution < -0.4 is 10.2 Å². The summed E-state index contributed by atoms with van der Waals surface area (Å²) in [6.07, 6.45) is 2.35. The van der Waals surface area contributed by atoms with Gasteiger partial charge in [0.05, 0.1) is 5.69 Å². The molecule has 1 heterocycles. The largest absolute Gasteiger partial charge is 0.348 e. The summed E-state index contributed by atoms with van der Waals surface area (Å²) in [7, 11) is 2.15. The van der Waals surface area contributed by atoms with Gasteiger partial charge in [0.2, 0.25) is 0 Å². The van der Waals surface area contributed by atoms with Crippen molar-refractivity contribution in [1.29, 1.82) is 0 Å². The van der Waals surface area contributed by atoms with Crippen molar-refractivity contribution in [2.75, 3.05) is 18.5 Å². The minimum atomic E-state index is 0.609. The highest BCUT2D eigenvalue weighted by molar-refractivity contribution is 7.13. The molecule has 1 N–H and O–H groups in total. The van der Waals surface area contributed by atoms with Crippen LogP contribution in [-0.4, -0.2) is 24.6 Å². The Kier molecular flexibility index (Phi) is 5.77. The molecule has 16 heavy (non-hydrogen) atoms. The van der Waals surface area contributed by atoms with E-state index in [4.69, 9.17) is 0 Å². The van der Waals surface area contributed by atoms with Crippen LogP contribution >= 0.6 is 11.3 Å². The fourth-order valence-corrected chi connectivity index (χ4v) is 2.65. The fraction of sp³-hybridized carbons (Fsp3) is 0.750. The summed E-state index contributed by atoms with van der Waals surface area (Å²) >= 11 is 1.74. The molecular weight excluding hydrogens is 218 g/mol. The third-order valence-electron chi connectivity index (χ3n) is 2.89. The van der Waals surface area contributed by atoms with Gasteiger partial charge >= 0.3 is 0 Å². The van der Waals surface area contributed by atoms with E-state index in [0.717, 1.165) is 23.9 Å². The average Bonchev–Trinajstić information content (AvgIpc) is 2.76. The van der Waals surface area contributed by atoms with Gasteiger partial charge in [-0.3, -0.25) is 0 Å². The molecule has 0 radical (unpaired) electrons. The molecule has 0 aliphatic heterocycles. The summed E-state index contributed by atoms with van der Waals surface area (Å²) in [5.74, 6) is 0. The predicted molar refractivity (Wildman–Crippen MR) is 72.3 cm³/mol. The van der Waals surface area contributed by atoms with Crippen LogP contribution in [0.2, 0.25) is 0 Å². The Labute approximate surface area is 103 Å². The number of aromatic nitrogens is 1. The number of rotatable bonds is 7. The van der Waals surface area contributed by atoms with Crippen LogP contribution in [0.3, 0.4) is 0 Å². The highest BCUT2D eigenvalue weighted by atomic mass is 32.1. The molecule has 0 fully saturated rings. The standard InChI is InChI=1S/C12H23N3S/c1-5-11(6-2)15(4)12-14-10(9-16-12)8-13-7-3/h9,11,13H,5-8H2,1-4H3. The number of hydrogen-bond acceptors (Lipinski definition) is 4. The second-order valence-corrected chi connectivity index (χ2v) is 4.82. The van der Waals surface area contributed by atoms with Crippen molar-refractivity contribution in [2.24, 2.45) is 0 Å². The minimum absolute atomic E-state index is 0.609. The molecule has 0 saturated heterocycles. The topological polar surface area (TPSA) is 28.2 Å². The van der Waals surface area contributed by atoms with E-state index < -0.39 is 0 Å². The van der Waals surface area contributed by atoms with E-state index in [0.29, 0.717) is 6.04 Å². The molecule has 4 heteroatoms. The van der Waals surface area contributed by atoms with Gasteiger partial charge in [-0.1, -0.05) is 20.8 Å². The molecule has 1 aromatic heterocycles. The summed E-state index contributed by atoms with van der Waals surface area (Å²) in [4.78, 5) is 6.95. The van der Waals surface area contributed by atoms with E-state index in [-0.39, 0.29) is 0 Å². The first-order valence-corrected chi connectivity index (χ1v) is 6.98. The summed E-state index contributed by atoms with van der Waals surface area (Å²) < 4.78 is 0. The van der Waals surface area contributed by atoms with Gasteiger partial charge in [0.15, 0.2) is 5.13 Å². The van der Waals surface area contributed by atoms with E-state index in [1.54, 1.807) is 11.3 Å². The van der Waals surface area contributed by atoms with Gasteiger partial charge in [0, 0.05) is 25.0 Å². The molecule has 1 rings (SSSR count). The lowest BCUT2D eigenvalue weighted by Gasteiger charge is -2.25. The van der Waals surface area contributed by atoms with Crippen LogP contribution in [0.4, 0.5) is 5.13 Å². The maximum Gasteiger partial charge on any atom is 0.185 e. The van der Waals surface area contributed by atoms with E-state index in [1.165, 1.54) is 12.8 Å². The zero-order valence-corrected chi connectivity index (χ0v) is 11.6. The van der Waals surface area contributed by atoms with Crippen LogP contribution in [0.5, 0.6) is 0 Å². The Hall–Kier alpha value is -0.610. The first-order valence-electron chi connectivity index (χ1n) is 6.10. The van der Waals surface area contributed by atoms with Crippen molar-refractivity contribution in [3.05, 3.63) is 11.1 Å². The molecule has 0 aliphatic carbocycles. The van der Waals surface area contributed by atoms with E-state index in [1.807, 2.05) is 0 Å². The maximum absolute atomic E-state index is 4.65. The number of thiazole rings is 1. The molecular formula is C12H23N3S. The number of nitrogens with zero attached hydrogens (tertiary/aromatic N) is 2. The summed E-state index contributed by atoms with van der Waals surface area (Å²) in [6, 6.07) is 0.609. The predicted octanol–water partition coefficient (Wildman–Crippen LogP) is 2.88. The third kappa shape index (κ3) is 3.46. The summed E-state index contributed by atoms with van der Waals surface area (Å²) in [5.41, 5.74) is 1.15. The highest BCUT2D eigenvalue weighted by Gasteiger charge is 2.14. The second kappa shape index (κ2) is 6.86. The Morgan fingerprint density at radius 1 is 1.38 bits per heavy atom. The van der Waals surface area contributed by atoms with E-state index in [9.17, 15) is 0 Å². The second-order valence-electron chi connectivity index (χ2n) is 3.98. The van der Waals surface area contributed by atoms with Crippen molar-refractivity contribution >= 4 is 16.5 Å². The third-order valence-corrected chi connectivity index (χ3v) is 3.87. The lowest BCUT2D eigenvalue weighted by atomic mass is 10.1. The lowest BCUT2D eigenvalue weighted by Crippen LogP contribution is -2.30. The van der Waals surface area contributed by atoms with Gasteiger partial charge in [-0.15, -0.1) is 11.3 Å². The average molecular weight is 241 g/mol. The van der Waals surface area contributed by atoms with Crippen molar-refractivity contribution in [3.63, 3.8) is 0 Å². The van der Waals surface area contributed by atoms with E-state index in [2.05, 4.69) is 48.4 Å². The van der Waals surface area contributed by atoms with Gasteiger partial charge < -0.3 is 10.2 Å². The number of hydrogen-bond donors (Lipinski definition) is 1. The van der Waals surface area contributed by atoms with Gasteiger partial charge in [-0.2, -0.15) is 0 Å². The number of anilines is 1. The molecule has 0 unspecified atom stereocenters. The zero-order valence-electron chi connectivity index (χ0n) is 10.8. The minimum Gasteiger partial charge on any atom is -0.348 e. The lowest BCUT2D eigenvalue weighted by molar-refractivity contribution is 0.589. The molecule has 92 valence electrons. The first-order chi connectivity index (χ1) is 7.72. The summed E-state index contributed by atoms with van der Waals surface area (Å²) in [5, 5.41) is 6.59. The SMILES string of the molecule is CCNCc1csc(N(C)C(CC)CC)n1. The Bertz CT molecular complexity index is 294. The Morgan fingerprint density at radius 2 is 2.06 bits per heavy atom. The zero-order chi connectivity index (χ0) is 12.0. The first kappa shape index (κ1) is 13.5. The van der Waals surface area contributed by atoms with Crippen LogP contribution in [-0.2, 0) is 6.54 Å². The molecule has 1 aromatic rings. The quantitative estimate of drug-likeness (QED) is 0.795. The molecule has 0 aliphatic rings. The van der Waals surface area contributed by atoms with E-state index >= 15 is 0 Å². The van der Waals surface area contributed by atoms with Crippen molar-refractivity contribution in [2.45, 2.75) is 46.2 Å². The fourth-order valence-electron chi connectivity index (χ4n) is 1.79. The molecule has 3 nitrogen and oxygen atoms in total. The van der Waals surface area contributed by atoms with Gasteiger partial charge in [-0.25, -0.2) is 4.98 Å². The summed E-state index contributed by atoms with van der Waals surface area (Å²) in [6.45, 7) is 8.46. The molecule has 0 saturated carbocycles. The smallest absolute Gasteiger partial charge is 0.185 e. The van der Waals surface area contributed by atoms with Crippen molar-refractivity contribution < 1.29 is 0 Å². The Balaban J connectivity index is 2.61. The van der Waals surface area contributed by atoms with Crippen molar-refractivity contribution in [1.82, 2.24) is 10.3 Å². The van der Waals surface area contributed by atoms with Crippen LogP contribution in [0.1, 0.15) is 39.3 Å². The van der Waals surface area contributed by atoms with Gasteiger partial charge in [0.25, 0.3) is 0 Å². The van der Waals surface area contributed by atoms with Crippen LogP contribution in [0, 0.1) is 0 Å². The van der Waals surface area contributed by atoms with Crippen LogP contribution in [0.15, 0.2) is 5.38 Å². The normalized spacial score (nSPS) is 11.1. The molecule has 0 spiro atoms. The molecule has 0 bridgehead atoms. The van der Waals surface area contributed by atoms with Crippen LogP contribution in [0.25, 0.3) is 0 Å². The monoisotopic (exact) mass is 241 g/mol.